The Bertz CT molecular complexity index is 806. The summed E-state index contributed by atoms with van der Waals surface area (Å²) in [5.74, 6) is 0.909. The molecule has 1 N–H and O–H groups in total. The van der Waals surface area contributed by atoms with E-state index in [1.807, 2.05) is 0 Å². The van der Waals surface area contributed by atoms with Crippen LogP contribution < -0.4 is 10.1 Å². The summed E-state index contributed by atoms with van der Waals surface area (Å²) in [5, 5.41) is 2.21. The Morgan fingerprint density at radius 1 is 1.14 bits per heavy atom. The summed E-state index contributed by atoms with van der Waals surface area (Å²) in [7, 11) is -3.38. The van der Waals surface area contributed by atoms with Gasteiger partial charge in [0.25, 0.3) is 0 Å². The van der Waals surface area contributed by atoms with Crippen molar-refractivity contribution in [3.63, 3.8) is 0 Å². The summed E-state index contributed by atoms with van der Waals surface area (Å²) in [6.07, 6.45) is 3.34. The predicted molar refractivity (Wildman–Crippen MR) is 102 cm³/mol. The van der Waals surface area contributed by atoms with E-state index in [1.165, 1.54) is 17.7 Å². The van der Waals surface area contributed by atoms with Gasteiger partial charge in [-0.15, -0.1) is 0 Å². The van der Waals surface area contributed by atoms with E-state index in [0.717, 1.165) is 0 Å². The first-order chi connectivity index (χ1) is 13.4. The fourth-order valence-corrected chi connectivity index (χ4v) is 4.16. The zero-order valence-electron chi connectivity index (χ0n) is 15.8. The van der Waals surface area contributed by atoms with E-state index in [0.29, 0.717) is 50.9 Å². The van der Waals surface area contributed by atoms with E-state index in [2.05, 4.69) is 5.32 Å². The molecule has 3 rings (SSSR count). The number of hydrogen-bond acceptors (Lipinski definition) is 6. The number of carbonyl (C=O) groups excluding carboxylic acids is 2. The molecule has 0 bridgehead atoms. The first-order valence-electron chi connectivity index (χ1n) is 9.56. The van der Waals surface area contributed by atoms with Crippen molar-refractivity contribution in [3.8, 4) is 5.75 Å². The summed E-state index contributed by atoms with van der Waals surface area (Å²) in [4.78, 5) is 24.1. The molecule has 1 aliphatic heterocycles. The van der Waals surface area contributed by atoms with Crippen molar-refractivity contribution in [2.24, 2.45) is 5.92 Å². The van der Waals surface area contributed by atoms with Gasteiger partial charge in [-0.2, -0.15) is 0 Å². The molecular weight excluding hydrogens is 384 g/mol. The van der Waals surface area contributed by atoms with Gasteiger partial charge in [0, 0.05) is 19.8 Å². The number of nitrogens with zero attached hydrogens (tertiary/aromatic N) is 1. The Labute approximate surface area is 165 Å². The Morgan fingerprint density at radius 3 is 2.64 bits per heavy atom. The van der Waals surface area contributed by atoms with Crippen LogP contribution in [0.25, 0.3) is 0 Å². The van der Waals surface area contributed by atoms with Gasteiger partial charge in [0.1, 0.15) is 12.3 Å². The number of nitrogens with one attached hydrogen (secondary N) is 1. The number of hydrogen-bond donors (Lipinski definition) is 1. The van der Waals surface area contributed by atoms with Gasteiger partial charge in [-0.05, 0) is 49.8 Å². The van der Waals surface area contributed by atoms with Crippen LogP contribution in [0, 0.1) is 5.92 Å². The average Bonchev–Trinajstić information content (AvgIpc) is 3.43. The number of imide groups is 1. The van der Waals surface area contributed by atoms with Gasteiger partial charge >= 0.3 is 6.03 Å². The number of carbonyl (C=O) groups is 2. The Hall–Kier alpha value is -2.13. The zero-order valence-corrected chi connectivity index (χ0v) is 16.6. The number of benzene rings is 1. The highest BCUT2D eigenvalue weighted by Crippen LogP contribution is 2.30. The van der Waals surface area contributed by atoms with Gasteiger partial charge in [0.05, 0.1) is 17.3 Å². The number of rotatable bonds is 12. The van der Waals surface area contributed by atoms with E-state index >= 15 is 0 Å². The van der Waals surface area contributed by atoms with Gasteiger partial charge in [0.15, 0.2) is 9.84 Å². The van der Waals surface area contributed by atoms with Crippen LogP contribution >= 0.6 is 0 Å². The van der Waals surface area contributed by atoms with Crippen molar-refractivity contribution >= 4 is 21.8 Å². The molecule has 0 atom stereocenters. The van der Waals surface area contributed by atoms with Gasteiger partial charge in [0.2, 0.25) is 5.91 Å². The normalized spacial score (nSPS) is 17.1. The highest BCUT2D eigenvalue weighted by molar-refractivity contribution is 7.91. The largest absolute Gasteiger partial charge is 0.493 e. The molecule has 0 aromatic heterocycles. The fourth-order valence-electron chi connectivity index (χ4n) is 2.85. The molecule has 1 saturated heterocycles. The lowest BCUT2D eigenvalue weighted by molar-refractivity contribution is -0.118. The summed E-state index contributed by atoms with van der Waals surface area (Å²) >= 11 is 0. The molecule has 1 aromatic carbocycles. The van der Waals surface area contributed by atoms with Crippen LogP contribution in [0.1, 0.15) is 25.7 Å². The van der Waals surface area contributed by atoms with Crippen LogP contribution in [0.4, 0.5) is 4.79 Å². The van der Waals surface area contributed by atoms with E-state index in [4.69, 9.17) is 9.47 Å². The lowest BCUT2D eigenvalue weighted by Crippen LogP contribution is -2.29. The highest BCUT2D eigenvalue weighted by Gasteiger charge is 2.25. The monoisotopic (exact) mass is 410 g/mol. The molecule has 0 radical (unpaired) electrons. The maximum Gasteiger partial charge on any atom is 0.324 e. The van der Waals surface area contributed by atoms with Crippen LogP contribution in [0.5, 0.6) is 5.75 Å². The lowest BCUT2D eigenvalue weighted by Gasteiger charge is -2.12. The smallest absolute Gasteiger partial charge is 0.324 e. The maximum absolute atomic E-state index is 12.5. The third-order valence-corrected chi connectivity index (χ3v) is 6.43. The second kappa shape index (κ2) is 9.38. The van der Waals surface area contributed by atoms with Crippen molar-refractivity contribution < 1.29 is 27.5 Å². The van der Waals surface area contributed by atoms with Gasteiger partial charge in [-0.25, -0.2) is 13.2 Å². The summed E-state index contributed by atoms with van der Waals surface area (Å²) in [5.41, 5.74) is 0. The summed E-state index contributed by atoms with van der Waals surface area (Å²) in [6, 6.07) is 6.27. The molecule has 1 saturated carbocycles. The Balaban J connectivity index is 1.33. The quantitative estimate of drug-likeness (QED) is 0.415. The van der Waals surface area contributed by atoms with E-state index in [9.17, 15) is 18.0 Å². The van der Waals surface area contributed by atoms with Gasteiger partial charge < -0.3 is 14.4 Å². The number of ether oxygens (including phenoxy) is 2. The van der Waals surface area contributed by atoms with Crippen molar-refractivity contribution in [1.29, 1.82) is 0 Å². The molecule has 154 valence electrons. The Morgan fingerprint density at radius 2 is 1.93 bits per heavy atom. The number of sulfone groups is 1. The molecule has 2 aliphatic rings. The molecule has 8 nitrogen and oxygen atoms in total. The second-order valence-electron chi connectivity index (χ2n) is 7.14. The zero-order chi connectivity index (χ0) is 20.0. The molecule has 1 aromatic rings. The number of amides is 3. The van der Waals surface area contributed by atoms with Crippen molar-refractivity contribution in [2.45, 2.75) is 30.6 Å². The number of urea groups is 1. The fraction of sp³-hybridized carbons (Fsp3) is 0.579. The predicted octanol–water partition coefficient (Wildman–Crippen LogP) is 1.60. The minimum Gasteiger partial charge on any atom is -0.493 e. The first kappa shape index (κ1) is 20.6. The molecule has 1 aliphatic carbocycles. The Kier molecular flexibility index (Phi) is 6.90. The highest BCUT2D eigenvalue weighted by atomic mass is 32.2. The van der Waals surface area contributed by atoms with Gasteiger partial charge in [-0.3, -0.25) is 10.1 Å². The van der Waals surface area contributed by atoms with Crippen LogP contribution in [0.3, 0.4) is 0 Å². The standard InChI is InChI=1S/C19H26N2O6S/c22-18-13-21(19(23)20-18)8-2-9-26-10-3-11-28(24,25)17-5-1-4-16(12-17)27-14-15-6-7-15/h1,4-5,12,15H,2-3,6-11,13-14H2,(H,20,22,23). The lowest BCUT2D eigenvalue weighted by atomic mass is 10.3. The molecule has 28 heavy (non-hydrogen) atoms. The summed E-state index contributed by atoms with van der Waals surface area (Å²) in [6.45, 7) is 1.89. The molecule has 2 fully saturated rings. The first-order valence-corrected chi connectivity index (χ1v) is 11.2. The van der Waals surface area contributed by atoms with Crippen molar-refractivity contribution in [2.75, 3.05) is 38.7 Å². The third kappa shape index (κ3) is 6.20. The SMILES string of the molecule is O=C1CN(CCCOCCCS(=O)(=O)c2cccc(OCC3CC3)c2)C(=O)N1. The van der Waals surface area contributed by atoms with Crippen LogP contribution in [0.15, 0.2) is 29.2 Å². The van der Waals surface area contributed by atoms with Crippen LogP contribution in [0.2, 0.25) is 0 Å². The van der Waals surface area contributed by atoms with E-state index in [1.54, 1.807) is 24.3 Å². The van der Waals surface area contributed by atoms with Crippen LogP contribution in [-0.2, 0) is 19.4 Å². The minimum absolute atomic E-state index is 0.00209. The second-order valence-corrected chi connectivity index (χ2v) is 9.25. The molecule has 1 heterocycles. The molecule has 0 spiro atoms. The maximum atomic E-state index is 12.5. The van der Waals surface area contributed by atoms with Crippen molar-refractivity contribution in [3.05, 3.63) is 24.3 Å². The third-order valence-electron chi connectivity index (χ3n) is 4.63. The molecule has 0 unspecified atom stereocenters. The van der Waals surface area contributed by atoms with E-state index < -0.39 is 9.84 Å². The molecule has 3 amide bonds. The van der Waals surface area contributed by atoms with Crippen LogP contribution in [-0.4, -0.2) is 63.9 Å². The van der Waals surface area contributed by atoms with Crippen molar-refractivity contribution in [1.82, 2.24) is 10.2 Å². The van der Waals surface area contributed by atoms with E-state index in [-0.39, 0.29) is 29.1 Å². The topological polar surface area (TPSA) is 102 Å². The average molecular weight is 410 g/mol. The van der Waals surface area contributed by atoms with Gasteiger partial charge in [-0.1, -0.05) is 6.07 Å². The molecule has 9 heteroatoms. The minimum atomic E-state index is -3.38. The molecular formula is C19H26N2O6S. The summed E-state index contributed by atoms with van der Waals surface area (Å²) < 4.78 is 36.0.